The van der Waals surface area contributed by atoms with Crippen molar-refractivity contribution in [1.82, 2.24) is 15.1 Å². The number of nitrogens with zero attached hydrogens (tertiary/aromatic N) is 2. The fraction of sp³-hybridized carbons (Fsp3) is 0.636. The highest BCUT2D eigenvalue weighted by Gasteiger charge is 2.51. The van der Waals surface area contributed by atoms with Gasteiger partial charge in [-0.05, 0) is 41.2 Å². The average molecular weight is 302 g/mol. The first-order chi connectivity index (χ1) is 8.08. The van der Waals surface area contributed by atoms with Crippen molar-refractivity contribution in [2.24, 2.45) is 5.92 Å². The van der Waals surface area contributed by atoms with Crippen LogP contribution in [0.3, 0.4) is 0 Å². The number of halogens is 1. The molecule has 1 aromatic heterocycles. The van der Waals surface area contributed by atoms with Gasteiger partial charge < -0.3 is 10.4 Å². The Morgan fingerprint density at radius 3 is 2.88 bits per heavy atom. The van der Waals surface area contributed by atoms with Crippen LogP contribution in [0.4, 0.5) is 0 Å². The first kappa shape index (κ1) is 12.6. The van der Waals surface area contributed by atoms with Crippen LogP contribution in [0.1, 0.15) is 19.8 Å². The van der Waals surface area contributed by atoms with Crippen LogP contribution in [0, 0.1) is 5.92 Å². The van der Waals surface area contributed by atoms with Crippen LogP contribution in [-0.2, 0) is 11.3 Å². The number of aliphatic carboxylic acids is 1. The van der Waals surface area contributed by atoms with E-state index in [4.69, 9.17) is 0 Å². The van der Waals surface area contributed by atoms with Gasteiger partial charge in [0.15, 0.2) is 0 Å². The molecule has 1 atom stereocenters. The number of carboxylic acid groups (broad SMARTS) is 1. The van der Waals surface area contributed by atoms with Crippen molar-refractivity contribution in [2.45, 2.75) is 31.8 Å². The zero-order chi connectivity index (χ0) is 12.5. The highest BCUT2D eigenvalue weighted by Crippen LogP contribution is 2.41. The quantitative estimate of drug-likeness (QED) is 0.835. The lowest BCUT2D eigenvalue weighted by molar-refractivity contribution is -0.146. The molecule has 0 amide bonds. The lowest BCUT2D eigenvalue weighted by Gasteiger charge is -2.30. The molecule has 0 aromatic carbocycles. The van der Waals surface area contributed by atoms with Gasteiger partial charge in [0.2, 0.25) is 0 Å². The summed E-state index contributed by atoms with van der Waals surface area (Å²) in [7, 11) is 0. The van der Waals surface area contributed by atoms with E-state index in [0.29, 0.717) is 13.1 Å². The fourth-order valence-corrected chi connectivity index (χ4v) is 2.55. The van der Waals surface area contributed by atoms with Gasteiger partial charge in [0.05, 0.1) is 17.2 Å². The number of likely N-dealkylation sites (N-methyl/N-ethyl adjacent to an activating group) is 1. The Morgan fingerprint density at radius 2 is 2.47 bits per heavy atom. The second kappa shape index (κ2) is 4.78. The maximum absolute atomic E-state index is 11.6. The molecule has 1 fully saturated rings. The van der Waals surface area contributed by atoms with Gasteiger partial charge in [-0.15, -0.1) is 0 Å². The minimum Gasteiger partial charge on any atom is -0.480 e. The molecule has 1 unspecified atom stereocenters. The molecule has 0 spiro atoms. The van der Waals surface area contributed by atoms with E-state index in [2.05, 4.69) is 26.3 Å². The maximum atomic E-state index is 11.6. The van der Waals surface area contributed by atoms with E-state index in [1.54, 1.807) is 17.1 Å². The zero-order valence-corrected chi connectivity index (χ0v) is 11.3. The van der Waals surface area contributed by atoms with Crippen molar-refractivity contribution in [3.8, 4) is 0 Å². The van der Waals surface area contributed by atoms with E-state index in [9.17, 15) is 9.90 Å². The summed E-state index contributed by atoms with van der Waals surface area (Å²) in [6, 6.07) is 0. The summed E-state index contributed by atoms with van der Waals surface area (Å²) in [6.07, 6.45) is 5.42. The maximum Gasteiger partial charge on any atom is 0.326 e. The van der Waals surface area contributed by atoms with E-state index in [1.807, 2.05) is 6.92 Å². The van der Waals surface area contributed by atoms with Crippen LogP contribution >= 0.6 is 15.9 Å². The molecule has 1 aliphatic rings. The van der Waals surface area contributed by atoms with Gasteiger partial charge in [-0.2, -0.15) is 5.10 Å². The van der Waals surface area contributed by atoms with Gasteiger partial charge in [0.25, 0.3) is 0 Å². The summed E-state index contributed by atoms with van der Waals surface area (Å²) in [5.74, 6) is -0.573. The fourth-order valence-electron chi connectivity index (χ4n) is 2.22. The van der Waals surface area contributed by atoms with Crippen LogP contribution < -0.4 is 5.32 Å². The smallest absolute Gasteiger partial charge is 0.326 e. The largest absolute Gasteiger partial charge is 0.480 e. The van der Waals surface area contributed by atoms with Crippen LogP contribution in [0.15, 0.2) is 16.9 Å². The molecule has 17 heavy (non-hydrogen) atoms. The predicted octanol–water partition coefficient (Wildman–Crippen LogP) is 1.49. The normalized spacial score (nSPS) is 18.9. The first-order valence-electron chi connectivity index (χ1n) is 5.75. The van der Waals surface area contributed by atoms with Gasteiger partial charge in [-0.25, -0.2) is 0 Å². The van der Waals surface area contributed by atoms with Gasteiger partial charge in [-0.1, -0.05) is 6.92 Å². The highest BCUT2D eigenvalue weighted by atomic mass is 79.9. The topological polar surface area (TPSA) is 67.2 Å². The molecule has 6 heteroatoms. The Hall–Kier alpha value is -0.880. The average Bonchev–Trinajstić information content (AvgIpc) is 3.03. The van der Waals surface area contributed by atoms with Gasteiger partial charge in [0, 0.05) is 6.20 Å². The molecule has 2 N–H and O–H groups in total. The van der Waals surface area contributed by atoms with Crippen LogP contribution in [0.2, 0.25) is 0 Å². The number of hydrogen-bond donors (Lipinski definition) is 2. The van der Waals surface area contributed by atoms with Crippen molar-refractivity contribution in [2.75, 3.05) is 6.54 Å². The molecule has 94 valence electrons. The van der Waals surface area contributed by atoms with Crippen LogP contribution in [-0.4, -0.2) is 32.9 Å². The molecular formula is C11H16BrN3O2. The summed E-state index contributed by atoms with van der Waals surface area (Å²) >= 11 is 3.32. The van der Waals surface area contributed by atoms with E-state index in [-0.39, 0.29) is 5.92 Å². The Bertz CT molecular complexity index is 417. The molecule has 0 bridgehead atoms. The minimum absolute atomic E-state index is 0.211. The van der Waals surface area contributed by atoms with Crippen molar-refractivity contribution in [1.29, 1.82) is 0 Å². The first-order valence-corrected chi connectivity index (χ1v) is 6.54. The SMILES string of the molecule is CCNC(Cn1cc(Br)cn1)(C(=O)O)C1CC1. The monoisotopic (exact) mass is 301 g/mol. The number of hydrogen-bond acceptors (Lipinski definition) is 3. The molecule has 5 nitrogen and oxygen atoms in total. The highest BCUT2D eigenvalue weighted by molar-refractivity contribution is 9.10. The van der Waals surface area contributed by atoms with E-state index < -0.39 is 11.5 Å². The molecule has 1 saturated carbocycles. The van der Waals surface area contributed by atoms with Crippen molar-refractivity contribution < 1.29 is 9.90 Å². The molecule has 0 radical (unpaired) electrons. The Morgan fingerprint density at radius 1 is 1.76 bits per heavy atom. The third kappa shape index (κ3) is 2.52. The van der Waals surface area contributed by atoms with Gasteiger partial charge in [-0.3, -0.25) is 9.48 Å². The number of carbonyl (C=O) groups is 1. The van der Waals surface area contributed by atoms with Crippen molar-refractivity contribution in [3.63, 3.8) is 0 Å². The third-order valence-corrected chi connectivity index (χ3v) is 3.57. The minimum atomic E-state index is -0.875. The predicted molar refractivity (Wildman–Crippen MR) is 66.7 cm³/mol. The molecular weight excluding hydrogens is 286 g/mol. The lowest BCUT2D eigenvalue weighted by Crippen LogP contribution is -2.57. The van der Waals surface area contributed by atoms with E-state index in [0.717, 1.165) is 17.3 Å². The lowest BCUT2D eigenvalue weighted by atomic mass is 9.93. The summed E-state index contributed by atoms with van der Waals surface area (Å²) in [5, 5.41) is 16.8. The summed E-state index contributed by atoms with van der Waals surface area (Å²) < 4.78 is 2.54. The molecule has 0 saturated heterocycles. The Labute approximate surface area is 108 Å². The Kier molecular flexibility index (Phi) is 3.53. The molecule has 0 aliphatic heterocycles. The second-order valence-corrected chi connectivity index (χ2v) is 5.35. The summed E-state index contributed by atoms with van der Waals surface area (Å²) in [6.45, 7) is 2.94. The van der Waals surface area contributed by atoms with Crippen molar-refractivity contribution in [3.05, 3.63) is 16.9 Å². The van der Waals surface area contributed by atoms with E-state index in [1.165, 1.54) is 0 Å². The number of rotatable bonds is 6. The number of nitrogens with one attached hydrogen (secondary N) is 1. The Balaban J connectivity index is 2.22. The molecule has 2 rings (SSSR count). The molecule has 1 aliphatic carbocycles. The molecule has 1 heterocycles. The second-order valence-electron chi connectivity index (χ2n) is 4.44. The zero-order valence-electron chi connectivity index (χ0n) is 9.69. The standard InChI is InChI=1S/C11H16BrN3O2/c1-2-13-11(10(16)17,8-3-4-8)7-15-6-9(12)5-14-15/h5-6,8,13H,2-4,7H2,1H3,(H,16,17). The summed E-state index contributed by atoms with van der Waals surface area (Å²) in [4.78, 5) is 11.6. The van der Waals surface area contributed by atoms with Gasteiger partial charge in [0.1, 0.15) is 5.54 Å². The number of carboxylic acids is 1. The van der Waals surface area contributed by atoms with Crippen LogP contribution in [0.5, 0.6) is 0 Å². The number of aromatic nitrogens is 2. The van der Waals surface area contributed by atoms with Crippen molar-refractivity contribution >= 4 is 21.9 Å². The van der Waals surface area contributed by atoms with Gasteiger partial charge >= 0.3 is 5.97 Å². The third-order valence-electron chi connectivity index (χ3n) is 3.16. The van der Waals surface area contributed by atoms with Crippen LogP contribution in [0.25, 0.3) is 0 Å². The molecule has 1 aromatic rings. The van der Waals surface area contributed by atoms with E-state index >= 15 is 0 Å². The summed E-state index contributed by atoms with van der Waals surface area (Å²) in [5.41, 5.74) is -0.875.